The van der Waals surface area contributed by atoms with Crippen LogP contribution >= 0.6 is 0 Å². The molecule has 0 aromatic rings. The van der Waals surface area contributed by atoms with Crippen molar-refractivity contribution in [2.75, 3.05) is 33.4 Å². The Balaban J connectivity index is 1.88. The van der Waals surface area contributed by atoms with Gasteiger partial charge in [0.15, 0.2) is 0 Å². The second kappa shape index (κ2) is 8.03. The summed E-state index contributed by atoms with van der Waals surface area (Å²) in [6.45, 7) is 10.2. The molecular formula is C18H33N3O4. The highest BCUT2D eigenvalue weighted by molar-refractivity contribution is 5.86. The van der Waals surface area contributed by atoms with Crippen LogP contribution in [-0.2, 0) is 14.4 Å². The minimum absolute atomic E-state index is 0.0187. The second-order valence-corrected chi connectivity index (χ2v) is 8.33. The molecule has 2 rings (SSSR count). The average Bonchev–Trinajstić information content (AvgIpc) is 3.24. The number of amides is 1. The first-order chi connectivity index (χ1) is 11.7. The number of likely N-dealkylation sites (N-methyl/N-ethyl adjacent to an activating group) is 1. The summed E-state index contributed by atoms with van der Waals surface area (Å²) in [6, 6.07) is -0.156. The maximum Gasteiger partial charge on any atom is 0.246 e. The lowest BCUT2D eigenvalue weighted by Gasteiger charge is -2.34. The van der Waals surface area contributed by atoms with E-state index in [2.05, 4.69) is 15.7 Å². The molecule has 0 bridgehead atoms. The third-order valence-electron chi connectivity index (χ3n) is 5.51. The molecular weight excluding hydrogens is 322 g/mol. The van der Waals surface area contributed by atoms with E-state index in [0.29, 0.717) is 11.8 Å². The molecule has 2 aliphatic rings. The first-order valence-electron chi connectivity index (χ1n) is 9.02. The van der Waals surface area contributed by atoms with Crippen LogP contribution in [0.1, 0.15) is 40.5 Å². The largest absolute Gasteiger partial charge is 0.396 e. The van der Waals surface area contributed by atoms with Crippen LogP contribution in [0.5, 0.6) is 0 Å². The number of nitrogens with zero attached hydrogens (tertiary/aromatic N) is 1. The first-order valence-corrected chi connectivity index (χ1v) is 9.02. The highest BCUT2D eigenvalue weighted by Gasteiger charge is 2.36. The highest BCUT2D eigenvalue weighted by Crippen LogP contribution is 2.25. The van der Waals surface area contributed by atoms with E-state index < -0.39 is 5.54 Å². The van der Waals surface area contributed by atoms with E-state index in [4.69, 9.17) is 9.57 Å². The minimum Gasteiger partial charge on any atom is -0.396 e. The molecule has 0 aromatic heterocycles. The molecule has 7 nitrogen and oxygen atoms in total. The molecule has 2 aliphatic heterocycles. The van der Waals surface area contributed by atoms with Crippen molar-refractivity contribution in [2.45, 2.75) is 52.1 Å². The first kappa shape index (κ1) is 20.2. The van der Waals surface area contributed by atoms with Crippen LogP contribution in [0.15, 0.2) is 12.0 Å². The summed E-state index contributed by atoms with van der Waals surface area (Å²) in [5, 5.41) is 12.3. The summed E-state index contributed by atoms with van der Waals surface area (Å²) in [4.78, 5) is 20.2. The summed E-state index contributed by atoms with van der Waals surface area (Å²) < 4.78 is 5.41. The van der Waals surface area contributed by atoms with Crippen LogP contribution in [-0.4, -0.2) is 60.9 Å². The number of carbonyl (C=O) groups excluding carboxylic acids is 1. The van der Waals surface area contributed by atoms with Crippen LogP contribution in [0.3, 0.4) is 0 Å². The van der Waals surface area contributed by atoms with Gasteiger partial charge >= 0.3 is 0 Å². The Labute approximate surface area is 150 Å². The molecule has 144 valence electrons. The summed E-state index contributed by atoms with van der Waals surface area (Å²) in [6.07, 6.45) is 3.94. The summed E-state index contributed by atoms with van der Waals surface area (Å²) in [5.74, 6) is 0.864. The van der Waals surface area contributed by atoms with Gasteiger partial charge < -0.3 is 14.7 Å². The smallest absolute Gasteiger partial charge is 0.246 e. The molecule has 0 aromatic carbocycles. The van der Waals surface area contributed by atoms with E-state index in [0.717, 1.165) is 32.6 Å². The van der Waals surface area contributed by atoms with Crippen molar-refractivity contribution in [2.24, 2.45) is 11.3 Å². The molecule has 1 amide bonds. The van der Waals surface area contributed by atoms with Gasteiger partial charge in [-0.05, 0) is 52.3 Å². The lowest BCUT2D eigenvalue weighted by molar-refractivity contribution is -0.131. The van der Waals surface area contributed by atoms with Gasteiger partial charge in [-0.25, -0.2) is 0 Å². The van der Waals surface area contributed by atoms with Gasteiger partial charge in [-0.3, -0.25) is 15.0 Å². The number of aliphatic hydroxyl groups excluding tert-OH is 1. The van der Waals surface area contributed by atoms with Crippen LogP contribution in [0.4, 0.5) is 0 Å². The third kappa shape index (κ3) is 4.94. The van der Waals surface area contributed by atoms with Crippen LogP contribution < -0.4 is 10.8 Å². The molecule has 25 heavy (non-hydrogen) atoms. The Hall–Kier alpha value is -1.15. The average molecular weight is 355 g/mol. The molecule has 2 atom stereocenters. The molecule has 3 N–H and O–H groups in total. The molecule has 1 saturated heterocycles. The lowest BCUT2D eigenvalue weighted by Crippen LogP contribution is -2.53. The van der Waals surface area contributed by atoms with E-state index in [-0.39, 0.29) is 24.0 Å². The van der Waals surface area contributed by atoms with Gasteiger partial charge in [-0.15, -0.1) is 5.48 Å². The summed E-state index contributed by atoms with van der Waals surface area (Å²) >= 11 is 0. The van der Waals surface area contributed by atoms with Crippen molar-refractivity contribution < 1.29 is 19.5 Å². The summed E-state index contributed by atoms with van der Waals surface area (Å²) in [7, 11) is 1.97. The molecule has 1 fully saturated rings. The van der Waals surface area contributed by atoms with Crippen LogP contribution in [0.2, 0.25) is 0 Å². The zero-order valence-corrected chi connectivity index (χ0v) is 16.1. The maximum atomic E-state index is 12.7. The number of carbonyl (C=O) groups is 1. The molecule has 1 unspecified atom stereocenters. The SMILES string of the molecule is CN(CC[C@H]1CCOC1)C(C)(C)C(=O)NC1=CC(C(C)(C)CO)NO1. The predicted octanol–water partition coefficient (Wildman–Crippen LogP) is 1.00. The van der Waals surface area contributed by atoms with Gasteiger partial charge in [-0.2, -0.15) is 0 Å². The van der Waals surface area contributed by atoms with E-state index in [9.17, 15) is 9.90 Å². The molecule has 0 saturated carbocycles. The number of hydrogen-bond acceptors (Lipinski definition) is 6. The van der Waals surface area contributed by atoms with Crippen LogP contribution in [0, 0.1) is 11.3 Å². The van der Waals surface area contributed by atoms with Gasteiger partial charge in [0, 0.05) is 18.6 Å². The number of rotatable bonds is 8. The maximum absolute atomic E-state index is 12.7. The number of aliphatic hydroxyl groups is 1. The number of hydrogen-bond donors (Lipinski definition) is 3. The van der Waals surface area contributed by atoms with Gasteiger partial charge in [0.2, 0.25) is 11.8 Å². The van der Waals surface area contributed by atoms with Crippen molar-refractivity contribution in [3.05, 3.63) is 12.0 Å². The molecule has 0 radical (unpaired) electrons. The number of hydroxylamine groups is 1. The van der Waals surface area contributed by atoms with Crippen molar-refractivity contribution in [3.8, 4) is 0 Å². The number of nitrogens with one attached hydrogen (secondary N) is 2. The van der Waals surface area contributed by atoms with Crippen LogP contribution in [0.25, 0.3) is 0 Å². The summed E-state index contributed by atoms with van der Waals surface area (Å²) in [5.41, 5.74) is 1.82. The molecule has 7 heteroatoms. The standard InChI is InChI=1S/C18H33N3O4/c1-17(2,12-22)14-10-15(25-20-14)19-16(23)18(3,4)21(5)8-6-13-7-9-24-11-13/h10,13-14,20,22H,6-9,11-12H2,1-5H3,(H,19,23)/t13-,14?/m0/s1. The fourth-order valence-corrected chi connectivity index (χ4v) is 2.80. The van der Waals surface area contributed by atoms with E-state index in [1.807, 2.05) is 34.7 Å². The van der Waals surface area contributed by atoms with Crippen molar-refractivity contribution >= 4 is 5.91 Å². The Morgan fingerprint density at radius 3 is 2.76 bits per heavy atom. The van der Waals surface area contributed by atoms with Crippen molar-refractivity contribution in [3.63, 3.8) is 0 Å². The Kier molecular flexibility index (Phi) is 6.48. The molecule has 2 heterocycles. The number of ether oxygens (including phenoxy) is 1. The zero-order chi connectivity index (χ0) is 18.7. The Morgan fingerprint density at radius 1 is 1.44 bits per heavy atom. The monoisotopic (exact) mass is 355 g/mol. The highest BCUT2D eigenvalue weighted by atomic mass is 16.7. The normalized spacial score (nSPS) is 24.4. The fourth-order valence-electron chi connectivity index (χ4n) is 2.80. The quantitative estimate of drug-likeness (QED) is 0.603. The van der Waals surface area contributed by atoms with Crippen molar-refractivity contribution in [1.82, 2.24) is 15.7 Å². The van der Waals surface area contributed by atoms with Crippen molar-refractivity contribution in [1.29, 1.82) is 0 Å². The Bertz CT molecular complexity index is 499. The zero-order valence-electron chi connectivity index (χ0n) is 16.1. The molecule has 0 spiro atoms. The van der Waals surface area contributed by atoms with E-state index in [1.54, 1.807) is 6.08 Å². The van der Waals surface area contributed by atoms with Gasteiger partial charge in [-0.1, -0.05) is 13.8 Å². The van der Waals surface area contributed by atoms with Gasteiger partial charge in [0.25, 0.3) is 0 Å². The second-order valence-electron chi connectivity index (χ2n) is 8.33. The minimum atomic E-state index is -0.658. The topological polar surface area (TPSA) is 83.1 Å². The molecule has 0 aliphatic carbocycles. The van der Waals surface area contributed by atoms with E-state index in [1.165, 1.54) is 0 Å². The lowest BCUT2D eigenvalue weighted by atomic mass is 9.86. The fraction of sp³-hybridized carbons (Fsp3) is 0.833. The van der Waals surface area contributed by atoms with Gasteiger partial charge in [0.1, 0.15) is 0 Å². The Morgan fingerprint density at radius 2 is 2.16 bits per heavy atom. The van der Waals surface area contributed by atoms with E-state index >= 15 is 0 Å². The van der Waals surface area contributed by atoms with Gasteiger partial charge in [0.05, 0.1) is 18.2 Å². The third-order valence-corrected chi connectivity index (χ3v) is 5.51. The predicted molar refractivity (Wildman–Crippen MR) is 95.4 cm³/mol.